The van der Waals surface area contributed by atoms with Crippen LogP contribution in [0.2, 0.25) is 0 Å². The van der Waals surface area contributed by atoms with Crippen molar-refractivity contribution in [3.8, 4) is 0 Å². The van der Waals surface area contributed by atoms with Gasteiger partial charge in [0.1, 0.15) is 5.78 Å². The third-order valence-electron chi connectivity index (χ3n) is 4.38. The SMILES string of the molecule is Cc1cc(C)c(C)c(C2CCC(=O)CC2)c1C. The van der Waals surface area contributed by atoms with Gasteiger partial charge in [0, 0.05) is 12.8 Å². The highest BCUT2D eigenvalue weighted by Crippen LogP contribution is 2.37. The Bertz CT molecular complexity index is 421. The first-order chi connectivity index (χ1) is 8.00. The van der Waals surface area contributed by atoms with Crippen molar-refractivity contribution in [2.45, 2.75) is 59.3 Å². The number of hydrogen-bond donors (Lipinski definition) is 0. The van der Waals surface area contributed by atoms with E-state index in [-0.39, 0.29) is 0 Å². The molecule has 1 saturated carbocycles. The van der Waals surface area contributed by atoms with E-state index in [0.717, 1.165) is 25.7 Å². The zero-order valence-corrected chi connectivity index (χ0v) is 11.4. The van der Waals surface area contributed by atoms with Crippen molar-refractivity contribution >= 4 is 5.78 Å². The lowest BCUT2D eigenvalue weighted by Crippen LogP contribution is -2.15. The lowest BCUT2D eigenvalue weighted by molar-refractivity contribution is -0.120. The normalized spacial score (nSPS) is 17.5. The third-order valence-corrected chi connectivity index (χ3v) is 4.38. The Labute approximate surface area is 104 Å². The average Bonchev–Trinajstić information content (AvgIpc) is 2.29. The molecular formula is C16H22O. The molecule has 1 fully saturated rings. The standard InChI is InChI=1S/C16H22O/c1-10-9-11(2)13(4)16(12(10)3)14-5-7-15(17)8-6-14/h9,14H,5-8H2,1-4H3. The maximum absolute atomic E-state index is 11.3. The summed E-state index contributed by atoms with van der Waals surface area (Å²) >= 11 is 0. The molecule has 0 heterocycles. The zero-order chi connectivity index (χ0) is 12.6. The molecule has 0 amide bonds. The van der Waals surface area contributed by atoms with Crippen LogP contribution >= 0.6 is 0 Å². The maximum atomic E-state index is 11.3. The predicted octanol–water partition coefficient (Wildman–Crippen LogP) is 4.15. The van der Waals surface area contributed by atoms with Crippen LogP contribution in [0.25, 0.3) is 0 Å². The Hall–Kier alpha value is -1.11. The van der Waals surface area contributed by atoms with Gasteiger partial charge in [-0.3, -0.25) is 4.79 Å². The highest BCUT2D eigenvalue weighted by molar-refractivity contribution is 5.79. The number of carbonyl (C=O) groups excluding carboxylic acids is 1. The van der Waals surface area contributed by atoms with E-state index in [4.69, 9.17) is 0 Å². The van der Waals surface area contributed by atoms with Gasteiger partial charge in [-0.2, -0.15) is 0 Å². The van der Waals surface area contributed by atoms with Crippen LogP contribution < -0.4 is 0 Å². The van der Waals surface area contributed by atoms with Gasteiger partial charge < -0.3 is 0 Å². The molecule has 0 saturated heterocycles. The molecule has 17 heavy (non-hydrogen) atoms. The van der Waals surface area contributed by atoms with Crippen molar-refractivity contribution in [1.29, 1.82) is 0 Å². The number of aryl methyl sites for hydroxylation is 2. The first kappa shape index (κ1) is 12.3. The van der Waals surface area contributed by atoms with Crippen molar-refractivity contribution in [2.75, 3.05) is 0 Å². The average molecular weight is 230 g/mol. The van der Waals surface area contributed by atoms with Crippen LogP contribution in [0.3, 0.4) is 0 Å². The fraction of sp³-hybridized carbons (Fsp3) is 0.562. The van der Waals surface area contributed by atoms with E-state index in [0.29, 0.717) is 11.7 Å². The van der Waals surface area contributed by atoms with Crippen LogP contribution in [-0.4, -0.2) is 5.78 Å². The van der Waals surface area contributed by atoms with Crippen molar-refractivity contribution in [3.05, 3.63) is 33.9 Å². The van der Waals surface area contributed by atoms with Gasteiger partial charge in [0.05, 0.1) is 0 Å². The van der Waals surface area contributed by atoms with Crippen molar-refractivity contribution in [3.63, 3.8) is 0 Å². The van der Waals surface area contributed by atoms with Gasteiger partial charge >= 0.3 is 0 Å². The van der Waals surface area contributed by atoms with Crippen molar-refractivity contribution in [1.82, 2.24) is 0 Å². The van der Waals surface area contributed by atoms with Crippen LogP contribution in [-0.2, 0) is 4.79 Å². The van der Waals surface area contributed by atoms with E-state index in [2.05, 4.69) is 33.8 Å². The van der Waals surface area contributed by atoms with E-state index in [9.17, 15) is 4.79 Å². The Morgan fingerprint density at radius 3 is 1.88 bits per heavy atom. The molecule has 0 aliphatic heterocycles. The molecule has 1 heteroatoms. The first-order valence-corrected chi connectivity index (χ1v) is 6.59. The minimum absolute atomic E-state index is 0.445. The van der Waals surface area contributed by atoms with Crippen LogP contribution in [0.1, 0.15) is 59.4 Å². The second kappa shape index (κ2) is 4.64. The fourth-order valence-corrected chi connectivity index (χ4v) is 3.09. The van der Waals surface area contributed by atoms with Crippen LogP contribution in [0, 0.1) is 27.7 Å². The molecule has 0 radical (unpaired) electrons. The topological polar surface area (TPSA) is 17.1 Å². The summed E-state index contributed by atoms with van der Waals surface area (Å²) < 4.78 is 0. The second-order valence-electron chi connectivity index (χ2n) is 5.49. The number of carbonyl (C=O) groups is 1. The summed E-state index contributed by atoms with van der Waals surface area (Å²) in [4.78, 5) is 11.3. The van der Waals surface area contributed by atoms with Gasteiger partial charge in [0.2, 0.25) is 0 Å². The van der Waals surface area contributed by atoms with Crippen LogP contribution in [0.5, 0.6) is 0 Å². The number of ketones is 1. The highest BCUT2D eigenvalue weighted by Gasteiger charge is 2.23. The quantitative estimate of drug-likeness (QED) is 0.708. The smallest absolute Gasteiger partial charge is 0.132 e. The minimum atomic E-state index is 0.445. The van der Waals surface area contributed by atoms with Gasteiger partial charge in [-0.15, -0.1) is 0 Å². The fourth-order valence-electron chi connectivity index (χ4n) is 3.09. The molecule has 0 atom stereocenters. The number of Topliss-reactive ketones (excluding diaryl/α,β-unsaturated/α-hetero) is 1. The number of hydrogen-bond acceptors (Lipinski definition) is 1. The third kappa shape index (κ3) is 2.29. The summed E-state index contributed by atoms with van der Waals surface area (Å²) in [5, 5.41) is 0. The molecule has 92 valence electrons. The summed E-state index contributed by atoms with van der Waals surface area (Å²) in [5.41, 5.74) is 7.18. The second-order valence-corrected chi connectivity index (χ2v) is 5.49. The van der Waals surface area contributed by atoms with E-state index in [1.807, 2.05) is 0 Å². The van der Waals surface area contributed by atoms with E-state index >= 15 is 0 Å². The summed E-state index contributed by atoms with van der Waals surface area (Å²) in [6, 6.07) is 2.28. The molecule has 1 aromatic rings. The van der Waals surface area contributed by atoms with Gasteiger partial charge in [-0.1, -0.05) is 6.07 Å². The Kier molecular flexibility index (Phi) is 3.37. The minimum Gasteiger partial charge on any atom is -0.300 e. The number of benzene rings is 1. The zero-order valence-electron chi connectivity index (χ0n) is 11.4. The molecule has 1 aromatic carbocycles. The molecule has 2 rings (SSSR count). The van der Waals surface area contributed by atoms with Gasteiger partial charge in [0.25, 0.3) is 0 Å². The van der Waals surface area contributed by atoms with Crippen LogP contribution in [0.15, 0.2) is 6.07 Å². The Morgan fingerprint density at radius 2 is 1.41 bits per heavy atom. The van der Waals surface area contributed by atoms with Gasteiger partial charge in [-0.05, 0) is 74.3 Å². The summed E-state index contributed by atoms with van der Waals surface area (Å²) in [6.07, 6.45) is 3.64. The van der Waals surface area contributed by atoms with Crippen molar-refractivity contribution < 1.29 is 4.79 Å². The number of rotatable bonds is 1. The van der Waals surface area contributed by atoms with E-state index < -0.39 is 0 Å². The van der Waals surface area contributed by atoms with Crippen molar-refractivity contribution in [2.24, 2.45) is 0 Å². The molecule has 0 aromatic heterocycles. The Balaban J connectivity index is 2.41. The molecule has 1 nitrogen and oxygen atoms in total. The summed E-state index contributed by atoms with van der Waals surface area (Å²) in [7, 11) is 0. The molecule has 0 spiro atoms. The molecule has 0 bridgehead atoms. The largest absolute Gasteiger partial charge is 0.300 e. The monoisotopic (exact) mass is 230 g/mol. The van der Waals surface area contributed by atoms with E-state index in [1.54, 1.807) is 0 Å². The van der Waals surface area contributed by atoms with Gasteiger partial charge in [-0.25, -0.2) is 0 Å². The van der Waals surface area contributed by atoms with E-state index in [1.165, 1.54) is 27.8 Å². The molecule has 0 N–H and O–H groups in total. The van der Waals surface area contributed by atoms with Gasteiger partial charge in [0.15, 0.2) is 0 Å². The lowest BCUT2D eigenvalue weighted by atomic mass is 9.78. The molecule has 1 aliphatic carbocycles. The van der Waals surface area contributed by atoms with Crippen LogP contribution in [0.4, 0.5) is 0 Å². The first-order valence-electron chi connectivity index (χ1n) is 6.59. The molecule has 1 aliphatic rings. The molecular weight excluding hydrogens is 208 g/mol. The maximum Gasteiger partial charge on any atom is 0.132 e. The predicted molar refractivity (Wildman–Crippen MR) is 71.6 cm³/mol. The summed E-state index contributed by atoms with van der Waals surface area (Å²) in [5.74, 6) is 1.05. The molecule has 0 unspecified atom stereocenters. The highest BCUT2D eigenvalue weighted by atomic mass is 16.1. The Morgan fingerprint density at radius 1 is 0.941 bits per heavy atom. The lowest BCUT2D eigenvalue weighted by Gasteiger charge is -2.26. The summed E-state index contributed by atoms with van der Waals surface area (Å²) in [6.45, 7) is 8.85.